The van der Waals surface area contributed by atoms with Crippen molar-refractivity contribution in [3.63, 3.8) is 0 Å². The van der Waals surface area contributed by atoms with Crippen LogP contribution in [0.25, 0.3) is 10.9 Å². The monoisotopic (exact) mass is 697 g/mol. The number of benzene rings is 2. The Bertz CT molecular complexity index is 1760. The molecule has 6 rings (SSSR count). The summed E-state index contributed by atoms with van der Waals surface area (Å²) in [5, 5.41) is 16.5. The molecule has 51 heavy (non-hydrogen) atoms. The van der Waals surface area contributed by atoms with Crippen LogP contribution in [-0.2, 0) is 25.7 Å². The highest BCUT2D eigenvalue weighted by Gasteiger charge is 2.44. The molecule has 0 spiro atoms. The summed E-state index contributed by atoms with van der Waals surface area (Å²) in [4.78, 5) is 41.7. The quantitative estimate of drug-likeness (QED) is 0.108. The van der Waals surface area contributed by atoms with Crippen molar-refractivity contribution in [1.29, 1.82) is 0 Å². The van der Waals surface area contributed by atoms with Crippen LogP contribution in [0.4, 0.5) is 4.79 Å². The van der Waals surface area contributed by atoms with Gasteiger partial charge in [-0.2, -0.15) is 0 Å². The lowest BCUT2D eigenvalue weighted by atomic mass is 9.70. The van der Waals surface area contributed by atoms with E-state index in [0.717, 1.165) is 62.3 Å². The van der Waals surface area contributed by atoms with Crippen LogP contribution < -0.4 is 20.1 Å². The number of carbonyl (C=O) groups is 3. The molecule has 5 atom stereocenters. The Balaban J connectivity index is 1.11. The fourth-order valence-corrected chi connectivity index (χ4v) is 7.25. The van der Waals surface area contributed by atoms with Crippen LogP contribution in [-0.4, -0.2) is 66.1 Å². The van der Waals surface area contributed by atoms with Gasteiger partial charge >= 0.3 is 18.0 Å². The fourth-order valence-electron chi connectivity index (χ4n) is 7.25. The number of amides is 1. The van der Waals surface area contributed by atoms with E-state index < -0.39 is 29.6 Å². The summed E-state index contributed by atoms with van der Waals surface area (Å²) in [6, 6.07) is 16.2. The Morgan fingerprint density at radius 1 is 1.06 bits per heavy atom. The first kappa shape index (κ1) is 36.0. The van der Waals surface area contributed by atoms with Gasteiger partial charge in [-0.25, -0.2) is 14.6 Å². The average Bonchev–Trinajstić information content (AvgIpc) is 3.69. The number of methoxy groups -OCH3 is 1. The number of ether oxygens (including phenoxy) is 4. The first-order valence-electron chi connectivity index (χ1n) is 18.0. The van der Waals surface area contributed by atoms with E-state index in [2.05, 4.69) is 22.5 Å². The highest BCUT2D eigenvalue weighted by atomic mass is 16.6. The zero-order chi connectivity index (χ0) is 35.8. The third-order valence-corrected chi connectivity index (χ3v) is 10.3. The molecule has 3 fully saturated rings. The van der Waals surface area contributed by atoms with Crippen LogP contribution in [0.5, 0.6) is 11.6 Å². The lowest BCUT2D eigenvalue weighted by Gasteiger charge is -2.38. The molecule has 0 bridgehead atoms. The second-order valence-electron chi connectivity index (χ2n) is 14.1. The van der Waals surface area contributed by atoms with Crippen molar-refractivity contribution >= 4 is 28.9 Å². The van der Waals surface area contributed by atoms with Crippen LogP contribution in [0.15, 0.2) is 54.6 Å². The molecule has 1 aliphatic heterocycles. The number of nitrogens with zero attached hydrogens (tertiary/aromatic N) is 1. The number of carboxylic acids is 1. The largest absolute Gasteiger partial charge is 0.487 e. The van der Waals surface area contributed by atoms with Crippen molar-refractivity contribution in [2.24, 2.45) is 11.3 Å². The minimum atomic E-state index is -1.02. The maximum atomic E-state index is 12.7. The topological polar surface area (TPSA) is 145 Å². The molecule has 3 aromatic rings. The molecule has 0 radical (unpaired) electrons. The van der Waals surface area contributed by atoms with Crippen molar-refractivity contribution < 1.29 is 38.4 Å². The van der Waals surface area contributed by atoms with Crippen molar-refractivity contribution in [2.45, 2.75) is 102 Å². The predicted molar refractivity (Wildman–Crippen MR) is 190 cm³/mol. The van der Waals surface area contributed by atoms with Gasteiger partial charge in [-0.1, -0.05) is 80.5 Å². The number of hydrogen-bond donors (Lipinski definition) is 3. The lowest BCUT2D eigenvalue weighted by Crippen LogP contribution is -2.52. The molecule has 3 aliphatic rings. The molecule has 2 saturated carbocycles. The van der Waals surface area contributed by atoms with E-state index in [0.29, 0.717) is 48.7 Å². The molecular formula is C40H47N3O8. The number of rotatable bonds is 13. The number of hydrogen-bond acceptors (Lipinski definition) is 9. The summed E-state index contributed by atoms with van der Waals surface area (Å²) in [6.07, 6.45) is 6.78. The average molecular weight is 698 g/mol. The summed E-state index contributed by atoms with van der Waals surface area (Å²) >= 11 is 0. The Kier molecular flexibility index (Phi) is 11.6. The number of carbonyl (C=O) groups excluding carboxylic acids is 2. The number of aliphatic carboxylic acids is 1. The van der Waals surface area contributed by atoms with Crippen molar-refractivity contribution in [1.82, 2.24) is 15.6 Å². The highest BCUT2D eigenvalue weighted by molar-refractivity contribution is 5.89. The minimum Gasteiger partial charge on any atom is -0.487 e. The third kappa shape index (κ3) is 9.11. The third-order valence-electron chi connectivity index (χ3n) is 10.3. The molecule has 1 amide bonds. The summed E-state index contributed by atoms with van der Waals surface area (Å²) < 4.78 is 23.4. The molecular weight excluding hydrogens is 650 g/mol. The van der Waals surface area contributed by atoms with Crippen molar-refractivity contribution in [3.8, 4) is 23.5 Å². The van der Waals surface area contributed by atoms with E-state index >= 15 is 0 Å². The molecule has 11 nitrogen and oxygen atoms in total. The predicted octanol–water partition coefficient (Wildman–Crippen LogP) is 6.16. The number of nitrogens with one attached hydrogen (secondary N) is 2. The van der Waals surface area contributed by atoms with Crippen LogP contribution in [0.3, 0.4) is 0 Å². The number of fused-ring (bicyclic) bond motifs is 1. The molecule has 11 heteroatoms. The first-order chi connectivity index (χ1) is 24.7. The fraction of sp³-hybridized carbons (Fsp3) is 0.500. The maximum Gasteiger partial charge on any atom is 0.408 e. The molecule has 1 saturated heterocycles. The van der Waals surface area contributed by atoms with Gasteiger partial charge in [0.05, 0.1) is 12.6 Å². The van der Waals surface area contributed by atoms with Crippen LogP contribution in [0.2, 0.25) is 0 Å². The van der Waals surface area contributed by atoms with E-state index in [-0.39, 0.29) is 24.1 Å². The second kappa shape index (κ2) is 16.5. The van der Waals surface area contributed by atoms with Crippen LogP contribution in [0.1, 0.15) is 82.3 Å². The van der Waals surface area contributed by atoms with Crippen molar-refractivity contribution in [2.75, 3.05) is 13.7 Å². The summed E-state index contributed by atoms with van der Waals surface area (Å²) in [5.74, 6) is 6.42. The lowest BCUT2D eigenvalue weighted by molar-refractivity contribution is -0.144. The zero-order valence-corrected chi connectivity index (χ0v) is 29.3. The van der Waals surface area contributed by atoms with Gasteiger partial charge in [-0.15, -0.1) is 0 Å². The highest BCUT2D eigenvalue weighted by Crippen LogP contribution is 2.41. The van der Waals surface area contributed by atoms with Crippen LogP contribution in [0, 0.1) is 23.2 Å². The molecule has 2 aromatic carbocycles. The zero-order valence-electron chi connectivity index (χ0n) is 29.3. The van der Waals surface area contributed by atoms with Gasteiger partial charge < -0.3 is 34.7 Å². The van der Waals surface area contributed by atoms with Gasteiger partial charge in [0, 0.05) is 24.8 Å². The Morgan fingerprint density at radius 2 is 1.82 bits per heavy atom. The van der Waals surface area contributed by atoms with Gasteiger partial charge in [-0.05, 0) is 61.1 Å². The smallest absolute Gasteiger partial charge is 0.408 e. The molecule has 2 aliphatic carbocycles. The van der Waals surface area contributed by atoms with E-state index in [1.165, 1.54) is 7.11 Å². The first-order valence-corrected chi connectivity index (χ1v) is 18.0. The van der Waals surface area contributed by atoms with Gasteiger partial charge in [0.25, 0.3) is 0 Å². The number of esters is 1. The number of pyridine rings is 1. The number of carboxylic acid groups (broad SMARTS) is 1. The van der Waals surface area contributed by atoms with Crippen LogP contribution >= 0.6 is 0 Å². The Morgan fingerprint density at radius 3 is 2.59 bits per heavy atom. The van der Waals surface area contributed by atoms with E-state index in [4.69, 9.17) is 23.9 Å². The SMILES string of the molecule is COC(=O)[C@@H]1C[C@@H](Oc2nc3ccccc3c(OCc3ccccc3)c2C#CCCC[C@@H]2C[C@H]2OC(=O)NC(C(=O)O)C2(C)CCCCC2)CN1. The molecule has 1 unspecified atom stereocenters. The molecule has 2 heterocycles. The maximum absolute atomic E-state index is 12.7. The van der Waals surface area contributed by atoms with Crippen molar-refractivity contribution in [3.05, 3.63) is 65.7 Å². The summed E-state index contributed by atoms with van der Waals surface area (Å²) in [5.41, 5.74) is 1.80. The number of para-hydroxylation sites is 1. The van der Waals surface area contributed by atoms with E-state index in [1.807, 2.05) is 61.5 Å². The summed E-state index contributed by atoms with van der Waals surface area (Å²) in [7, 11) is 1.37. The number of unbranched alkanes of at least 4 members (excludes halogenated alkanes) is 1. The molecule has 3 N–H and O–H groups in total. The van der Waals surface area contributed by atoms with Gasteiger partial charge in [0.2, 0.25) is 5.88 Å². The molecule has 1 aromatic heterocycles. The number of alkyl carbamates (subject to hydrolysis) is 1. The summed E-state index contributed by atoms with van der Waals surface area (Å²) in [6.45, 7) is 2.74. The standard InChI is InChI=1S/C40H47N3O8/c1-40(20-12-5-13-21-40)35(37(44)45)43-39(47)51-33-22-27(33)16-8-4-9-18-30-34(49-25-26-14-6-3-7-15-26)29-17-10-11-19-31(29)42-36(30)50-28-23-32(41-24-28)38(46)48-2/h3,6-7,10-11,14-15,17,19,27-28,32-33,35,41H,4-5,8,12-13,16,20-25H2,1-2H3,(H,43,47)(H,44,45)/t27-,28-,32+,33-,35?/m1/s1. The normalized spacial score (nSPS) is 22.5. The van der Waals surface area contributed by atoms with Gasteiger partial charge in [-0.3, -0.25) is 4.79 Å². The second-order valence-corrected chi connectivity index (χ2v) is 14.1. The van der Waals surface area contributed by atoms with E-state index in [1.54, 1.807) is 0 Å². The van der Waals surface area contributed by atoms with Gasteiger partial charge in [0.15, 0.2) is 0 Å². The Labute approximate surface area is 298 Å². The van der Waals surface area contributed by atoms with E-state index in [9.17, 15) is 19.5 Å². The minimum absolute atomic E-state index is 0.217. The number of aromatic nitrogens is 1. The Hall–Kier alpha value is -4.82. The molecule has 270 valence electrons. The van der Waals surface area contributed by atoms with Gasteiger partial charge in [0.1, 0.15) is 42.2 Å².